The molecule has 9 heteroatoms. The Morgan fingerprint density at radius 1 is 0.912 bits per heavy atom. The second kappa shape index (κ2) is 11.0. The topological polar surface area (TPSA) is 157 Å². The second-order valence-corrected chi connectivity index (χ2v) is 7.65. The van der Waals surface area contributed by atoms with E-state index in [0.717, 1.165) is 11.1 Å². The summed E-state index contributed by atoms with van der Waals surface area (Å²) >= 11 is 0. The van der Waals surface area contributed by atoms with Crippen molar-refractivity contribution in [2.75, 3.05) is 13.2 Å². The molecule has 3 rings (SSSR count). The number of nitrogen functional groups attached to an aromatic ring is 2. The van der Waals surface area contributed by atoms with Gasteiger partial charge in [-0.2, -0.15) is 0 Å². The number of ether oxygens (including phenoxy) is 2. The van der Waals surface area contributed by atoms with Crippen LogP contribution in [0.5, 0.6) is 0 Å². The van der Waals surface area contributed by atoms with Gasteiger partial charge in [-0.05, 0) is 36.1 Å². The van der Waals surface area contributed by atoms with Gasteiger partial charge in [0.1, 0.15) is 11.7 Å². The highest BCUT2D eigenvalue weighted by molar-refractivity contribution is 5.95. The summed E-state index contributed by atoms with van der Waals surface area (Å²) in [7, 11) is 0. The van der Waals surface area contributed by atoms with Crippen LogP contribution < -0.4 is 11.5 Å². The Balaban J connectivity index is 1.86. The molecule has 0 spiro atoms. The Hall–Kier alpha value is -4.40. The monoisotopic (exact) mass is 461 g/mol. The first-order chi connectivity index (χ1) is 16.3. The van der Waals surface area contributed by atoms with E-state index in [1.807, 2.05) is 29.0 Å². The SMILES string of the molecule is CCOC(=O)COC(=O)c1cn(Cc2ccc(C(=N)N)cc2)cc1Cc1cccc(C(=N)N)c1. The summed E-state index contributed by atoms with van der Waals surface area (Å²) in [6, 6.07) is 14.5. The van der Waals surface area contributed by atoms with Crippen molar-refractivity contribution >= 4 is 23.6 Å². The van der Waals surface area contributed by atoms with Crippen LogP contribution in [-0.2, 0) is 27.2 Å². The van der Waals surface area contributed by atoms with E-state index in [0.29, 0.717) is 35.2 Å². The smallest absolute Gasteiger partial charge is 0.344 e. The van der Waals surface area contributed by atoms with Gasteiger partial charge in [0.15, 0.2) is 6.61 Å². The first kappa shape index (κ1) is 24.2. The van der Waals surface area contributed by atoms with E-state index in [4.69, 9.17) is 31.8 Å². The number of nitrogens with two attached hydrogens (primary N) is 2. The van der Waals surface area contributed by atoms with E-state index in [1.54, 1.807) is 43.5 Å². The van der Waals surface area contributed by atoms with Crippen molar-refractivity contribution in [1.82, 2.24) is 4.57 Å². The lowest BCUT2D eigenvalue weighted by Gasteiger charge is -2.07. The van der Waals surface area contributed by atoms with Gasteiger partial charge in [-0.3, -0.25) is 10.8 Å². The van der Waals surface area contributed by atoms with Crippen LogP contribution in [0.2, 0.25) is 0 Å². The van der Waals surface area contributed by atoms with Gasteiger partial charge in [0, 0.05) is 30.1 Å². The third kappa shape index (κ3) is 6.32. The molecule has 0 aliphatic rings. The summed E-state index contributed by atoms with van der Waals surface area (Å²) in [5.74, 6) is -1.29. The average molecular weight is 462 g/mol. The van der Waals surface area contributed by atoms with Gasteiger partial charge < -0.3 is 25.5 Å². The summed E-state index contributed by atoms with van der Waals surface area (Å²) in [5, 5.41) is 15.2. The Bertz CT molecular complexity index is 1210. The van der Waals surface area contributed by atoms with Crippen molar-refractivity contribution in [1.29, 1.82) is 10.8 Å². The van der Waals surface area contributed by atoms with Gasteiger partial charge >= 0.3 is 11.9 Å². The number of hydrogen-bond acceptors (Lipinski definition) is 6. The minimum atomic E-state index is -0.628. The standard InChI is InChI=1S/C25H27N5O4/c1-2-33-22(31)15-34-25(32)21-14-30(12-16-6-8-18(9-7-16)23(26)27)13-20(21)11-17-4-3-5-19(10-17)24(28)29/h3-10,13-14H,2,11-12,15H2,1H3,(H3,26,27)(H3,28,29). The highest BCUT2D eigenvalue weighted by Gasteiger charge is 2.18. The fraction of sp³-hybridized carbons (Fsp3) is 0.200. The number of nitrogens with zero attached hydrogens (tertiary/aromatic N) is 1. The third-order valence-electron chi connectivity index (χ3n) is 5.07. The van der Waals surface area contributed by atoms with Crippen molar-refractivity contribution in [3.63, 3.8) is 0 Å². The number of esters is 2. The van der Waals surface area contributed by atoms with E-state index in [9.17, 15) is 9.59 Å². The molecule has 0 atom stereocenters. The van der Waals surface area contributed by atoms with E-state index >= 15 is 0 Å². The highest BCUT2D eigenvalue weighted by Crippen LogP contribution is 2.19. The zero-order valence-electron chi connectivity index (χ0n) is 18.8. The van der Waals surface area contributed by atoms with Gasteiger partial charge in [0.05, 0.1) is 12.2 Å². The van der Waals surface area contributed by atoms with Crippen LogP contribution in [0.1, 0.15) is 45.1 Å². The van der Waals surface area contributed by atoms with Crippen LogP contribution in [0.3, 0.4) is 0 Å². The molecule has 0 saturated carbocycles. The molecule has 3 aromatic rings. The molecule has 0 bridgehead atoms. The number of amidine groups is 2. The van der Waals surface area contributed by atoms with E-state index < -0.39 is 18.5 Å². The molecule has 1 heterocycles. The van der Waals surface area contributed by atoms with Gasteiger partial charge in [0.25, 0.3) is 0 Å². The molecular formula is C25H27N5O4. The summed E-state index contributed by atoms with van der Waals surface area (Å²) in [6.07, 6.45) is 3.93. The molecule has 0 unspecified atom stereocenters. The maximum atomic E-state index is 12.8. The minimum Gasteiger partial charge on any atom is -0.463 e. The Morgan fingerprint density at radius 2 is 1.62 bits per heavy atom. The first-order valence-corrected chi connectivity index (χ1v) is 10.6. The average Bonchev–Trinajstić information content (AvgIpc) is 3.20. The highest BCUT2D eigenvalue weighted by atomic mass is 16.6. The maximum Gasteiger partial charge on any atom is 0.344 e. The third-order valence-corrected chi connectivity index (χ3v) is 5.07. The van der Waals surface area contributed by atoms with E-state index in [2.05, 4.69) is 0 Å². The minimum absolute atomic E-state index is 0.00535. The molecule has 0 radical (unpaired) electrons. The zero-order chi connectivity index (χ0) is 24.7. The fourth-order valence-electron chi connectivity index (χ4n) is 3.45. The van der Waals surface area contributed by atoms with Crippen molar-refractivity contribution in [2.24, 2.45) is 11.5 Å². The van der Waals surface area contributed by atoms with E-state index in [1.165, 1.54) is 0 Å². The van der Waals surface area contributed by atoms with Crippen LogP contribution in [0.25, 0.3) is 0 Å². The molecule has 1 aromatic heterocycles. The molecule has 6 N–H and O–H groups in total. The summed E-state index contributed by atoms with van der Waals surface area (Å²) in [6.45, 7) is 1.89. The number of rotatable bonds is 10. The van der Waals surface area contributed by atoms with Crippen LogP contribution in [0, 0.1) is 10.8 Å². The van der Waals surface area contributed by atoms with Gasteiger partial charge in [-0.25, -0.2) is 9.59 Å². The Morgan fingerprint density at radius 3 is 2.26 bits per heavy atom. The molecule has 9 nitrogen and oxygen atoms in total. The number of nitrogens with one attached hydrogen (secondary N) is 2. The lowest BCUT2D eigenvalue weighted by molar-refractivity contribution is -0.146. The lowest BCUT2D eigenvalue weighted by Crippen LogP contribution is -2.17. The van der Waals surface area contributed by atoms with Gasteiger partial charge in [0.2, 0.25) is 0 Å². The fourth-order valence-corrected chi connectivity index (χ4v) is 3.45. The van der Waals surface area contributed by atoms with Crippen molar-refractivity contribution in [3.8, 4) is 0 Å². The van der Waals surface area contributed by atoms with Crippen LogP contribution in [-0.4, -0.2) is 41.4 Å². The van der Waals surface area contributed by atoms with Crippen LogP contribution in [0.4, 0.5) is 0 Å². The Kier molecular flexibility index (Phi) is 7.81. The summed E-state index contributed by atoms with van der Waals surface area (Å²) < 4.78 is 11.8. The largest absolute Gasteiger partial charge is 0.463 e. The molecular weight excluding hydrogens is 434 g/mol. The molecule has 34 heavy (non-hydrogen) atoms. The predicted molar refractivity (Wildman–Crippen MR) is 128 cm³/mol. The van der Waals surface area contributed by atoms with Crippen molar-refractivity contribution < 1.29 is 19.1 Å². The molecule has 0 aliphatic carbocycles. The van der Waals surface area contributed by atoms with Gasteiger partial charge in [-0.15, -0.1) is 0 Å². The zero-order valence-corrected chi connectivity index (χ0v) is 18.8. The first-order valence-electron chi connectivity index (χ1n) is 10.6. The number of carbonyl (C=O) groups excluding carboxylic acids is 2. The molecule has 0 amide bonds. The quantitative estimate of drug-likeness (QED) is 0.206. The van der Waals surface area contributed by atoms with Crippen LogP contribution >= 0.6 is 0 Å². The molecule has 176 valence electrons. The Labute approximate surface area is 197 Å². The lowest BCUT2D eigenvalue weighted by atomic mass is 10.0. The molecule has 0 aliphatic heterocycles. The predicted octanol–water partition coefficient (Wildman–Crippen LogP) is 2.42. The van der Waals surface area contributed by atoms with Crippen molar-refractivity contribution in [3.05, 3.63) is 94.3 Å². The molecule has 0 saturated heterocycles. The normalized spacial score (nSPS) is 10.5. The maximum absolute atomic E-state index is 12.8. The van der Waals surface area contributed by atoms with Gasteiger partial charge in [-0.1, -0.05) is 42.5 Å². The summed E-state index contributed by atoms with van der Waals surface area (Å²) in [4.78, 5) is 24.4. The van der Waals surface area contributed by atoms with E-state index in [-0.39, 0.29) is 18.3 Å². The van der Waals surface area contributed by atoms with Crippen LogP contribution in [0.15, 0.2) is 60.9 Å². The molecule has 0 fully saturated rings. The number of hydrogen-bond donors (Lipinski definition) is 4. The number of aromatic nitrogens is 1. The second-order valence-electron chi connectivity index (χ2n) is 7.65. The number of benzene rings is 2. The summed E-state index contributed by atoms with van der Waals surface area (Å²) in [5.41, 5.74) is 15.2. The number of carbonyl (C=O) groups is 2. The van der Waals surface area contributed by atoms with Crippen molar-refractivity contribution in [2.45, 2.75) is 19.9 Å². The molecule has 2 aromatic carbocycles.